The third kappa shape index (κ3) is 3.23. The maximum atomic E-state index is 12.0. The first-order valence-electron chi connectivity index (χ1n) is 5.48. The van der Waals surface area contributed by atoms with E-state index in [1.54, 1.807) is 11.3 Å². The Morgan fingerprint density at radius 2 is 2.22 bits per heavy atom. The molecule has 18 heavy (non-hydrogen) atoms. The molecule has 2 rings (SSSR count). The second kappa shape index (κ2) is 6.19. The molecule has 94 valence electrons. The fourth-order valence-corrected chi connectivity index (χ4v) is 2.80. The van der Waals surface area contributed by atoms with Gasteiger partial charge in [0.2, 0.25) is 0 Å². The molecule has 0 saturated carbocycles. The predicted molar refractivity (Wildman–Crippen MR) is 82.6 cm³/mol. The number of carbonyl (C=O) groups is 1. The van der Waals surface area contributed by atoms with Gasteiger partial charge in [-0.15, -0.1) is 11.3 Å². The van der Waals surface area contributed by atoms with Crippen molar-refractivity contribution < 1.29 is 9.53 Å². The SMILES string of the molecule is CCOc1ccccc1NC(=O)c1csc(I)c1. The van der Waals surface area contributed by atoms with E-state index in [0.29, 0.717) is 23.6 Å². The van der Waals surface area contributed by atoms with Crippen LogP contribution >= 0.6 is 33.9 Å². The van der Waals surface area contributed by atoms with E-state index in [1.165, 1.54) is 0 Å². The third-order valence-corrected chi connectivity index (χ3v) is 4.05. The summed E-state index contributed by atoms with van der Waals surface area (Å²) in [5.74, 6) is 0.583. The van der Waals surface area contributed by atoms with Crippen LogP contribution in [0.1, 0.15) is 17.3 Å². The van der Waals surface area contributed by atoms with Crippen molar-refractivity contribution in [3.63, 3.8) is 0 Å². The zero-order valence-corrected chi connectivity index (χ0v) is 12.7. The Kier molecular flexibility index (Phi) is 4.60. The molecular weight excluding hydrogens is 361 g/mol. The van der Waals surface area contributed by atoms with Crippen molar-refractivity contribution in [3.8, 4) is 5.75 Å². The molecule has 0 saturated heterocycles. The van der Waals surface area contributed by atoms with E-state index in [0.717, 1.165) is 2.88 Å². The van der Waals surface area contributed by atoms with Crippen LogP contribution in [0, 0.1) is 2.88 Å². The van der Waals surface area contributed by atoms with Crippen molar-refractivity contribution in [3.05, 3.63) is 44.2 Å². The Labute approximate surface area is 123 Å². The second-order valence-electron chi connectivity index (χ2n) is 3.52. The summed E-state index contributed by atoms with van der Waals surface area (Å²) in [5, 5.41) is 4.71. The standard InChI is InChI=1S/C13H12INO2S/c1-2-17-11-6-4-3-5-10(11)15-13(16)9-7-12(14)18-8-9/h3-8H,2H2,1H3,(H,15,16). The van der Waals surface area contributed by atoms with Gasteiger partial charge < -0.3 is 10.1 Å². The third-order valence-electron chi connectivity index (χ3n) is 2.26. The summed E-state index contributed by atoms with van der Waals surface area (Å²) in [6.45, 7) is 2.49. The van der Waals surface area contributed by atoms with Gasteiger partial charge in [-0.3, -0.25) is 4.79 Å². The summed E-state index contributed by atoms with van der Waals surface area (Å²) in [5.41, 5.74) is 1.38. The van der Waals surface area contributed by atoms with Crippen LogP contribution in [0.25, 0.3) is 0 Å². The van der Waals surface area contributed by atoms with E-state index >= 15 is 0 Å². The highest BCUT2D eigenvalue weighted by Gasteiger charge is 2.10. The highest BCUT2D eigenvalue weighted by atomic mass is 127. The summed E-state index contributed by atoms with van der Waals surface area (Å²) >= 11 is 3.75. The van der Waals surface area contributed by atoms with Crippen molar-refractivity contribution in [2.24, 2.45) is 0 Å². The minimum atomic E-state index is -0.110. The van der Waals surface area contributed by atoms with E-state index in [9.17, 15) is 4.79 Å². The Bertz CT molecular complexity index is 553. The number of benzene rings is 1. The number of carbonyl (C=O) groups excluding carboxylic acids is 1. The van der Waals surface area contributed by atoms with Gasteiger partial charge in [-0.1, -0.05) is 12.1 Å². The Morgan fingerprint density at radius 1 is 1.44 bits per heavy atom. The van der Waals surface area contributed by atoms with Crippen LogP contribution in [0.15, 0.2) is 35.7 Å². The lowest BCUT2D eigenvalue weighted by atomic mass is 10.2. The largest absolute Gasteiger partial charge is 0.492 e. The number of thiophene rings is 1. The van der Waals surface area contributed by atoms with Crippen LogP contribution in [-0.2, 0) is 0 Å². The average molecular weight is 373 g/mol. The number of halogens is 1. The predicted octanol–water partition coefficient (Wildman–Crippen LogP) is 4.00. The molecule has 0 fully saturated rings. The van der Waals surface area contributed by atoms with Crippen LogP contribution in [0.4, 0.5) is 5.69 Å². The number of rotatable bonds is 4. The topological polar surface area (TPSA) is 38.3 Å². The Morgan fingerprint density at radius 3 is 2.89 bits per heavy atom. The van der Waals surface area contributed by atoms with Gasteiger partial charge in [0.25, 0.3) is 5.91 Å². The van der Waals surface area contributed by atoms with Crippen LogP contribution in [0.5, 0.6) is 5.75 Å². The molecule has 0 spiro atoms. The molecule has 1 N–H and O–H groups in total. The number of anilines is 1. The number of ether oxygens (including phenoxy) is 1. The molecule has 1 heterocycles. The highest BCUT2D eigenvalue weighted by molar-refractivity contribution is 14.1. The normalized spacial score (nSPS) is 10.1. The summed E-state index contributed by atoms with van der Waals surface area (Å²) < 4.78 is 6.56. The molecule has 2 aromatic rings. The van der Waals surface area contributed by atoms with Crippen molar-refractivity contribution >= 4 is 45.5 Å². The summed E-state index contributed by atoms with van der Waals surface area (Å²) in [7, 11) is 0. The zero-order chi connectivity index (χ0) is 13.0. The lowest BCUT2D eigenvalue weighted by molar-refractivity contribution is 0.102. The minimum absolute atomic E-state index is 0.110. The monoisotopic (exact) mass is 373 g/mol. The van der Waals surface area contributed by atoms with Gasteiger partial charge >= 0.3 is 0 Å². The quantitative estimate of drug-likeness (QED) is 0.823. The van der Waals surface area contributed by atoms with Gasteiger partial charge in [0.05, 0.1) is 20.7 Å². The van der Waals surface area contributed by atoms with Crippen LogP contribution in [0.2, 0.25) is 0 Å². The number of para-hydroxylation sites is 2. The first kappa shape index (κ1) is 13.4. The molecule has 0 atom stereocenters. The first-order valence-corrected chi connectivity index (χ1v) is 7.43. The first-order chi connectivity index (χ1) is 8.70. The number of nitrogens with one attached hydrogen (secondary N) is 1. The van der Waals surface area contributed by atoms with Crippen molar-refractivity contribution in [1.29, 1.82) is 0 Å². The van der Waals surface area contributed by atoms with Crippen molar-refractivity contribution in [2.75, 3.05) is 11.9 Å². The van der Waals surface area contributed by atoms with Gasteiger partial charge in [0.1, 0.15) is 5.75 Å². The molecular formula is C13H12INO2S. The van der Waals surface area contributed by atoms with Gasteiger partial charge in [-0.2, -0.15) is 0 Å². The molecule has 0 radical (unpaired) electrons. The maximum Gasteiger partial charge on any atom is 0.256 e. The van der Waals surface area contributed by atoms with Crippen molar-refractivity contribution in [2.45, 2.75) is 6.92 Å². The van der Waals surface area contributed by atoms with Gasteiger partial charge in [-0.05, 0) is 47.7 Å². The smallest absolute Gasteiger partial charge is 0.256 e. The van der Waals surface area contributed by atoms with E-state index in [2.05, 4.69) is 27.9 Å². The Hall–Kier alpha value is -1.08. The molecule has 0 unspecified atom stereocenters. The molecule has 0 aliphatic heterocycles. The number of amides is 1. The highest BCUT2D eigenvalue weighted by Crippen LogP contribution is 2.25. The molecule has 0 aliphatic carbocycles. The van der Waals surface area contributed by atoms with E-state index in [1.807, 2.05) is 42.6 Å². The lowest BCUT2D eigenvalue weighted by Gasteiger charge is -2.10. The summed E-state index contributed by atoms with van der Waals surface area (Å²) in [4.78, 5) is 12.0. The van der Waals surface area contributed by atoms with Crippen LogP contribution in [0.3, 0.4) is 0 Å². The molecule has 3 nitrogen and oxygen atoms in total. The molecule has 1 amide bonds. The van der Waals surface area contributed by atoms with Gasteiger partial charge in [0.15, 0.2) is 0 Å². The van der Waals surface area contributed by atoms with Gasteiger partial charge in [0, 0.05) is 5.38 Å². The van der Waals surface area contributed by atoms with E-state index in [4.69, 9.17) is 4.74 Å². The summed E-state index contributed by atoms with van der Waals surface area (Å²) in [6, 6.07) is 9.30. The second-order valence-corrected chi connectivity index (χ2v) is 6.33. The fourth-order valence-electron chi connectivity index (χ4n) is 1.47. The number of hydrogen-bond acceptors (Lipinski definition) is 3. The van der Waals surface area contributed by atoms with E-state index < -0.39 is 0 Å². The summed E-state index contributed by atoms with van der Waals surface area (Å²) in [6.07, 6.45) is 0. The van der Waals surface area contributed by atoms with Crippen LogP contribution in [-0.4, -0.2) is 12.5 Å². The fraction of sp³-hybridized carbons (Fsp3) is 0.154. The molecule has 0 bridgehead atoms. The number of hydrogen-bond donors (Lipinski definition) is 1. The molecule has 1 aromatic heterocycles. The molecule has 0 aliphatic rings. The zero-order valence-electron chi connectivity index (χ0n) is 9.77. The minimum Gasteiger partial charge on any atom is -0.492 e. The molecule has 1 aromatic carbocycles. The Balaban J connectivity index is 2.16. The van der Waals surface area contributed by atoms with E-state index in [-0.39, 0.29) is 5.91 Å². The maximum absolute atomic E-state index is 12.0. The van der Waals surface area contributed by atoms with Crippen LogP contribution < -0.4 is 10.1 Å². The molecule has 5 heteroatoms. The average Bonchev–Trinajstić information content (AvgIpc) is 2.79. The lowest BCUT2D eigenvalue weighted by Crippen LogP contribution is -2.12. The van der Waals surface area contributed by atoms with Crippen molar-refractivity contribution in [1.82, 2.24) is 0 Å². The van der Waals surface area contributed by atoms with Gasteiger partial charge in [-0.25, -0.2) is 0 Å².